The lowest BCUT2D eigenvalue weighted by Crippen LogP contribution is -1.92. The summed E-state index contributed by atoms with van der Waals surface area (Å²) >= 11 is 3.82. The fraction of sp³-hybridized carbons (Fsp3) is 0. The molecule has 0 bridgehead atoms. The van der Waals surface area contributed by atoms with Crippen LogP contribution < -0.4 is 0 Å². The molecule has 1 heterocycles. The lowest BCUT2D eigenvalue weighted by atomic mass is 10.1. The Labute approximate surface area is 96.0 Å². The zero-order chi connectivity index (χ0) is 11.7. The summed E-state index contributed by atoms with van der Waals surface area (Å²) in [5.41, 5.74) is 1.35. The molecule has 0 aliphatic heterocycles. The molecule has 3 nitrogen and oxygen atoms in total. The first-order valence-electron chi connectivity index (χ1n) is 4.48. The first kappa shape index (κ1) is 10.8. The smallest absolute Gasteiger partial charge is 0.341 e. The molecule has 0 spiro atoms. The number of fused-ring (bicyclic) bond motifs is 1. The molecule has 0 saturated carbocycles. The molecule has 0 fully saturated rings. The molecule has 0 amide bonds. The van der Waals surface area contributed by atoms with Crippen LogP contribution in [0.25, 0.3) is 17.0 Å². The summed E-state index contributed by atoms with van der Waals surface area (Å²) < 4.78 is 13.0. The van der Waals surface area contributed by atoms with Gasteiger partial charge in [-0.05, 0) is 24.3 Å². The topological polar surface area (TPSA) is 53.1 Å². The van der Waals surface area contributed by atoms with E-state index in [1.54, 1.807) is 12.3 Å². The number of benzene rings is 1. The molecule has 5 heteroatoms. The number of aromatic nitrogens is 1. The summed E-state index contributed by atoms with van der Waals surface area (Å²) in [6.07, 6.45) is 2.99. The van der Waals surface area contributed by atoms with Crippen molar-refractivity contribution < 1.29 is 14.3 Å². The van der Waals surface area contributed by atoms with Crippen molar-refractivity contribution in [2.45, 2.75) is 0 Å². The van der Waals surface area contributed by atoms with Crippen molar-refractivity contribution in [1.29, 1.82) is 0 Å². The second kappa shape index (κ2) is 4.02. The monoisotopic (exact) mass is 237 g/mol. The van der Waals surface area contributed by atoms with Gasteiger partial charge in [-0.1, -0.05) is 0 Å². The number of hydrogen-bond donors (Lipinski definition) is 3. The van der Waals surface area contributed by atoms with Crippen molar-refractivity contribution in [3.05, 3.63) is 40.7 Å². The van der Waals surface area contributed by atoms with Crippen LogP contribution in [0.15, 0.2) is 29.3 Å². The number of carboxylic acid groups (broad SMARTS) is 1. The quantitative estimate of drug-likeness (QED) is 0.555. The van der Waals surface area contributed by atoms with E-state index in [2.05, 4.69) is 17.6 Å². The van der Waals surface area contributed by atoms with Crippen LogP contribution in [0.1, 0.15) is 5.56 Å². The number of hydrogen-bond acceptors (Lipinski definition) is 2. The van der Waals surface area contributed by atoms with Gasteiger partial charge in [-0.2, -0.15) is 0 Å². The SMILES string of the molecule is O=C(O)C(S)=Cc1c[nH]c2ccc(F)cc12. The number of carbonyl (C=O) groups is 1. The molecule has 0 unspecified atom stereocenters. The van der Waals surface area contributed by atoms with Crippen molar-refractivity contribution >= 4 is 35.6 Å². The maximum Gasteiger partial charge on any atom is 0.341 e. The second-order valence-electron chi connectivity index (χ2n) is 3.27. The normalized spacial score (nSPS) is 12.0. The molecule has 0 radical (unpaired) electrons. The van der Waals surface area contributed by atoms with Gasteiger partial charge < -0.3 is 10.1 Å². The molecule has 16 heavy (non-hydrogen) atoms. The minimum atomic E-state index is -1.12. The van der Waals surface area contributed by atoms with Crippen molar-refractivity contribution in [3.63, 3.8) is 0 Å². The predicted octanol–water partition coefficient (Wildman–Crippen LogP) is 2.66. The number of nitrogens with one attached hydrogen (secondary N) is 1. The van der Waals surface area contributed by atoms with Crippen molar-refractivity contribution in [3.8, 4) is 0 Å². The molecule has 0 saturated heterocycles. The average Bonchev–Trinajstić information content (AvgIpc) is 2.61. The summed E-state index contributed by atoms with van der Waals surface area (Å²) in [5.74, 6) is -1.48. The third kappa shape index (κ3) is 1.94. The zero-order valence-corrected chi connectivity index (χ0v) is 8.96. The second-order valence-corrected chi connectivity index (χ2v) is 3.75. The Kier molecular flexibility index (Phi) is 2.70. The van der Waals surface area contributed by atoms with E-state index in [0.29, 0.717) is 10.9 Å². The highest BCUT2D eigenvalue weighted by atomic mass is 32.1. The fourth-order valence-electron chi connectivity index (χ4n) is 1.44. The highest BCUT2D eigenvalue weighted by molar-refractivity contribution is 7.85. The van der Waals surface area contributed by atoms with Crippen LogP contribution in [0.3, 0.4) is 0 Å². The number of aromatic amines is 1. The summed E-state index contributed by atoms with van der Waals surface area (Å²) in [6, 6.07) is 4.28. The molecule has 1 aromatic carbocycles. The van der Waals surface area contributed by atoms with Crippen LogP contribution in [-0.2, 0) is 4.79 Å². The summed E-state index contributed by atoms with van der Waals surface area (Å²) in [5, 5.41) is 9.31. The largest absolute Gasteiger partial charge is 0.477 e. The predicted molar refractivity (Wildman–Crippen MR) is 62.9 cm³/mol. The Bertz CT molecular complexity index is 589. The molecular formula is C11H8FNO2S. The Morgan fingerprint density at radius 3 is 2.94 bits per heavy atom. The van der Waals surface area contributed by atoms with E-state index in [-0.39, 0.29) is 10.7 Å². The number of H-pyrrole nitrogens is 1. The third-order valence-corrected chi connectivity index (χ3v) is 2.51. The van der Waals surface area contributed by atoms with E-state index in [1.165, 1.54) is 18.2 Å². The molecule has 2 N–H and O–H groups in total. The minimum absolute atomic E-state index is 0.0924. The number of thiol groups is 1. The van der Waals surface area contributed by atoms with Gasteiger partial charge in [0.25, 0.3) is 0 Å². The lowest BCUT2D eigenvalue weighted by Gasteiger charge is -1.94. The van der Waals surface area contributed by atoms with Gasteiger partial charge in [0.05, 0.1) is 4.91 Å². The van der Waals surface area contributed by atoms with Gasteiger partial charge in [-0.3, -0.25) is 0 Å². The van der Waals surface area contributed by atoms with Crippen molar-refractivity contribution in [2.75, 3.05) is 0 Å². The van der Waals surface area contributed by atoms with E-state index in [4.69, 9.17) is 5.11 Å². The van der Waals surface area contributed by atoms with Gasteiger partial charge >= 0.3 is 5.97 Å². The summed E-state index contributed by atoms with van der Waals surface area (Å²) in [7, 11) is 0. The van der Waals surface area contributed by atoms with E-state index in [9.17, 15) is 9.18 Å². The van der Waals surface area contributed by atoms with Gasteiger partial charge in [0.1, 0.15) is 5.82 Å². The van der Waals surface area contributed by atoms with E-state index >= 15 is 0 Å². The Balaban J connectivity index is 2.57. The van der Waals surface area contributed by atoms with E-state index in [1.807, 2.05) is 0 Å². The Morgan fingerprint density at radius 1 is 1.50 bits per heavy atom. The number of halogens is 1. The minimum Gasteiger partial charge on any atom is -0.477 e. The molecule has 1 aromatic heterocycles. The highest BCUT2D eigenvalue weighted by Crippen LogP contribution is 2.22. The Hall–Kier alpha value is -1.75. The maximum atomic E-state index is 13.0. The van der Waals surface area contributed by atoms with Gasteiger partial charge in [0.15, 0.2) is 0 Å². The lowest BCUT2D eigenvalue weighted by molar-refractivity contribution is -0.131. The molecule has 82 valence electrons. The Morgan fingerprint density at radius 2 is 2.25 bits per heavy atom. The zero-order valence-electron chi connectivity index (χ0n) is 8.07. The van der Waals surface area contributed by atoms with Gasteiger partial charge in [0.2, 0.25) is 0 Å². The molecule has 2 rings (SSSR count). The number of aliphatic carboxylic acids is 1. The summed E-state index contributed by atoms with van der Waals surface area (Å²) in [6.45, 7) is 0. The van der Waals surface area contributed by atoms with E-state index < -0.39 is 5.97 Å². The number of rotatable bonds is 2. The van der Waals surface area contributed by atoms with Crippen LogP contribution >= 0.6 is 12.6 Å². The van der Waals surface area contributed by atoms with E-state index in [0.717, 1.165) is 5.52 Å². The molecule has 0 aliphatic carbocycles. The molecular weight excluding hydrogens is 229 g/mol. The van der Waals surface area contributed by atoms with Gasteiger partial charge in [-0.25, -0.2) is 9.18 Å². The van der Waals surface area contributed by atoms with Crippen LogP contribution in [0.2, 0.25) is 0 Å². The van der Waals surface area contributed by atoms with Gasteiger partial charge in [-0.15, -0.1) is 12.6 Å². The van der Waals surface area contributed by atoms with Crippen LogP contribution in [0, 0.1) is 5.82 Å². The number of carboxylic acids is 1. The van der Waals surface area contributed by atoms with Crippen LogP contribution in [0.4, 0.5) is 4.39 Å². The maximum absolute atomic E-state index is 13.0. The first-order chi connectivity index (χ1) is 7.58. The molecule has 0 aliphatic rings. The van der Waals surface area contributed by atoms with Crippen molar-refractivity contribution in [2.24, 2.45) is 0 Å². The first-order valence-corrected chi connectivity index (χ1v) is 4.93. The summed E-state index contributed by atoms with van der Waals surface area (Å²) in [4.78, 5) is 13.4. The standard InChI is InChI=1S/C11H8FNO2S/c12-7-1-2-9-8(4-7)6(5-13-9)3-10(16)11(14)15/h1-5,13,16H,(H,14,15). The van der Waals surface area contributed by atoms with Gasteiger partial charge in [0, 0.05) is 22.7 Å². The average molecular weight is 237 g/mol. The fourth-order valence-corrected chi connectivity index (χ4v) is 1.58. The van der Waals surface area contributed by atoms with Crippen LogP contribution in [0.5, 0.6) is 0 Å². The van der Waals surface area contributed by atoms with Crippen molar-refractivity contribution in [1.82, 2.24) is 4.98 Å². The molecule has 2 aromatic rings. The van der Waals surface area contributed by atoms with Crippen LogP contribution in [-0.4, -0.2) is 16.1 Å². The third-order valence-electron chi connectivity index (χ3n) is 2.19. The highest BCUT2D eigenvalue weighted by Gasteiger charge is 2.06. The molecule has 0 atom stereocenters.